The Balaban J connectivity index is 3.44. The number of methoxy groups -OCH3 is 2. The molecule has 0 fully saturated rings. The second-order valence-corrected chi connectivity index (χ2v) is 3.99. The lowest BCUT2D eigenvalue weighted by atomic mass is 9.98. The van der Waals surface area contributed by atoms with Gasteiger partial charge in [-0.15, -0.1) is 0 Å². The largest absolute Gasteiger partial charge is 0.385 e. The lowest BCUT2D eigenvalue weighted by Gasteiger charge is -2.16. The van der Waals surface area contributed by atoms with E-state index in [0.717, 1.165) is 32.2 Å². The van der Waals surface area contributed by atoms with Gasteiger partial charge in [0.15, 0.2) is 0 Å². The minimum Gasteiger partial charge on any atom is -0.385 e. The first-order valence-corrected chi connectivity index (χ1v) is 6.03. The monoisotopic (exact) mass is 217 g/mol. The lowest BCUT2D eigenvalue weighted by Crippen LogP contribution is -2.26. The van der Waals surface area contributed by atoms with Gasteiger partial charge in [-0.3, -0.25) is 0 Å². The van der Waals surface area contributed by atoms with E-state index >= 15 is 0 Å². The zero-order chi connectivity index (χ0) is 11.4. The molecule has 0 saturated heterocycles. The summed E-state index contributed by atoms with van der Waals surface area (Å²) in [6.45, 7) is 6.01. The maximum absolute atomic E-state index is 5.07. The molecule has 0 radical (unpaired) electrons. The van der Waals surface area contributed by atoms with Crippen molar-refractivity contribution in [1.82, 2.24) is 5.32 Å². The van der Waals surface area contributed by atoms with Crippen molar-refractivity contribution < 1.29 is 9.47 Å². The van der Waals surface area contributed by atoms with Crippen molar-refractivity contribution in [3.05, 3.63) is 0 Å². The fraction of sp³-hybridized carbons (Fsp3) is 1.00. The molecule has 0 aromatic carbocycles. The first-order chi connectivity index (χ1) is 7.35. The van der Waals surface area contributed by atoms with E-state index in [2.05, 4.69) is 12.2 Å². The number of hydrogen-bond acceptors (Lipinski definition) is 3. The molecule has 0 aromatic heterocycles. The maximum atomic E-state index is 5.07. The van der Waals surface area contributed by atoms with E-state index in [9.17, 15) is 0 Å². The third-order valence-electron chi connectivity index (χ3n) is 2.57. The van der Waals surface area contributed by atoms with Crippen LogP contribution in [0.1, 0.15) is 32.6 Å². The summed E-state index contributed by atoms with van der Waals surface area (Å²) in [4.78, 5) is 0. The van der Waals surface area contributed by atoms with Crippen LogP contribution in [-0.2, 0) is 9.47 Å². The Bertz CT molecular complexity index is 120. The fourth-order valence-corrected chi connectivity index (χ4v) is 1.75. The summed E-state index contributed by atoms with van der Waals surface area (Å²) >= 11 is 0. The van der Waals surface area contributed by atoms with Gasteiger partial charge in [0.1, 0.15) is 0 Å². The molecule has 15 heavy (non-hydrogen) atoms. The number of nitrogens with one attached hydrogen (secondary N) is 1. The Morgan fingerprint density at radius 3 is 2.40 bits per heavy atom. The van der Waals surface area contributed by atoms with Crippen LogP contribution in [0, 0.1) is 5.92 Å². The van der Waals surface area contributed by atoms with Gasteiger partial charge in [0.2, 0.25) is 0 Å². The molecule has 3 heteroatoms. The SMILES string of the molecule is CCCC(CCCOC)CNCCOC. The highest BCUT2D eigenvalue weighted by Gasteiger charge is 2.06. The number of rotatable bonds is 11. The van der Waals surface area contributed by atoms with Crippen molar-refractivity contribution >= 4 is 0 Å². The van der Waals surface area contributed by atoms with Gasteiger partial charge in [0.05, 0.1) is 6.61 Å². The van der Waals surface area contributed by atoms with Crippen molar-refractivity contribution in [2.24, 2.45) is 5.92 Å². The number of ether oxygens (including phenoxy) is 2. The van der Waals surface area contributed by atoms with Crippen molar-refractivity contribution in [1.29, 1.82) is 0 Å². The number of hydrogen-bond donors (Lipinski definition) is 1. The summed E-state index contributed by atoms with van der Waals surface area (Å²) < 4.78 is 10.1. The van der Waals surface area contributed by atoms with Crippen molar-refractivity contribution in [3.63, 3.8) is 0 Å². The predicted octanol–water partition coefficient (Wildman–Crippen LogP) is 2.07. The molecule has 92 valence electrons. The summed E-state index contributed by atoms with van der Waals surface area (Å²) in [5.41, 5.74) is 0. The third kappa shape index (κ3) is 10.2. The normalized spacial score (nSPS) is 13.0. The molecule has 0 aromatic rings. The highest BCUT2D eigenvalue weighted by Crippen LogP contribution is 2.12. The van der Waals surface area contributed by atoms with E-state index in [4.69, 9.17) is 9.47 Å². The minimum atomic E-state index is 0.794. The fourth-order valence-electron chi connectivity index (χ4n) is 1.75. The first kappa shape index (κ1) is 14.9. The van der Waals surface area contributed by atoms with Gasteiger partial charge in [-0.05, 0) is 31.7 Å². The van der Waals surface area contributed by atoms with E-state index in [1.54, 1.807) is 14.2 Å². The minimum absolute atomic E-state index is 0.794. The van der Waals surface area contributed by atoms with Crippen molar-refractivity contribution in [3.8, 4) is 0 Å². The third-order valence-corrected chi connectivity index (χ3v) is 2.57. The van der Waals surface area contributed by atoms with E-state index in [1.807, 2.05) is 0 Å². The second-order valence-electron chi connectivity index (χ2n) is 3.99. The van der Waals surface area contributed by atoms with Crippen LogP contribution in [0.4, 0.5) is 0 Å². The molecule has 0 amide bonds. The summed E-state index contributed by atoms with van der Waals surface area (Å²) in [6, 6.07) is 0. The Hall–Kier alpha value is -0.120. The van der Waals surface area contributed by atoms with Gasteiger partial charge in [-0.1, -0.05) is 13.3 Å². The Kier molecular flexibility index (Phi) is 11.9. The van der Waals surface area contributed by atoms with Crippen LogP contribution in [0.15, 0.2) is 0 Å². The van der Waals surface area contributed by atoms with Crippen LogP contribution in [0.5, 0.6) is 0 Å². The molecule has 3 nitrogen and oxygen atoms in total. The average molecular weight is 217 g/mol. The van der Waals surface area contributed by atoms with Gasteiger partial charge in [0, 0.05) is 27.4 Å². The van der Waals surface area contributed by atoms with Gasteiger partial charge in [-0.2, -0.15) is 0 Å². The molecule has 1 atom stereocenters. The van der Waals surface area contributed by atoms with Crippen LogP contribution >= 0.6 is 0 Å². The summed E-state index contributed by atoms with van der Waals surface area (Å²) in [7, 11) is 3.51. The molecule has 0 aliphatic heterocycles. The van der Waals surface area contributed by atoms with E-state index in [-0.39, 0.29) is 0 Å². The Labute approximate surface area is 94.5 Å². The summed E-state index contributed by atoms with van der Waals surface area (Å²) in [5.74, 6) is 0.794. The molecule has 1 unspecified atom stereocenters. The molecule has 0 spiro atoms. The summed E-state index contributed by atoms with van der Waals surface area (Å²) in [5, 5.41) is 3.43. The van der Waals surface area contributed by atoms with Gasteiger partial charge >= 0.3 is 0 Å². The highest BCUT2D eigenvalue weighted by molar-refractivity contribution is 4.62. The molecule has 0 aliphatic carbocycles. The Morgan fingerprint density at radius 1 is 1.07 bits per heavy atom. The van der Waals surface area contributed by atoms with Crippen molar-refractivity contribution in [2.75, 3.05) is 40.5 Å². The smallest absolute Gasteiger partial charge is 0.0587 e. The average Bonchev–Trinajstić information content (AvgIpc) is 2.24. The molecule has 0 bridgehead atoms. The molecular weight excluding hydrogens is 190 g/mol. The van der Waals surface area contributed by atoms with E-state index in [1.165, 1.54) is 25.7 Å². The van der Waals surface area contributed by atoms with Crippen molar-refractivity contribution in [2.45, 2.75) is 32.6 Å². The topological polar surface area (TPSA) is 30.5 Å². The molecule has 1 N–H and O–H groups in total. The van der Waals surface area contributed by atoms with Crippen LogP contribution in [-0.4, -0.2) is 40.5 Å². The zero-order valence-electron chi connectivity index (χ0n) is 10.6. The maximum Gasteiger partial charge on any atom is 0.0587 e. The van der Waals surface area contributed by atoms with E-state index < -0.39 is 0 Å². The van der Waals surface area contributed by atoms with Crippen LogP contribution in [0.3, 0.4) is 0 Å². The molecule has 0 heterocycles. The molecule has 0 aliphatic rings. The highest BCUT2D eigenvalue weighted by atomic mass is 16.5. The quantitative estimate of drug-likeness (QED) is 0.537. The second kappa shape index (κ2) is 12.0. The van der Waals surface area contributed by atoms with Gasteiger partial charge in [-0.25, -0.2) is 0 Å². The van der Waals surface area contributed by atoms with E-state index in [0.29, 0.717) is 0 Å². The standard InChI is InChI=1S/C12H27NO2/c1-4-6-12(7-5-9-14-2)11-13-8-10-15-3/h12-13H,4-11H2,1-3H3. The molecular formula is C12H27NO2. The molecule has 0 rings (SSSR count). The predicted molar refractivity (Wildman–Crippen MR) is 64.3 cm³/mol. The first-order valence-electron chi connectivity index (χ1n) is 6.03. The lowest BCUT2D eigenvalue weighted by molar-refractivity contribution is 0.182. The van der Waals surface area contributed by atoms with Gasteiger partial charge < -0.3 is 14.8 Å². The van der Waals surface area contributed by atoms with Crippen LogP contribution in [0.25, 0.3) is 0 Å². The van der Waals surface area contributed by atoms with Crippen LogP contribution < -0.4 is 5.32 Å². The molecule has 0 saturated carbocycles. The Morgan fingerprint density at radius 2 is 1.80 bits per heavy atom. The van der Waals surface area contributed by atoms with Gasteiger partial charge in [0.25, 0.3) is 0 Å². The van der Waals surface area contributed by atoms with Crippen LogP contribution in [0.2, 0.25) is 0 Å². The summed E-state index contributed by atoms with van der Waals surface area (Å²) in [6.07, 6.45) is 5.02. The zero-order valence-corrected chi connectivity index (χ0v) is 10.6.